The van der Waals surface area contributed by atoms with Crippen LogP contribution in [0, 0.1) is 6.92 Å². The third-order valence-corrected chi connectivity index (χ3v) is 20.0. The molecule has 0 aliphatic carbocycles. The molecule has 4 aromatic rings. The molecule has 7 N–H and O–H groups in total. The molecule has 27 nitrogen and oxygen atoms in total. The van der Waals surface area contributed by atoms with Gasteiger partial charge in [0, 0.05) is 60.4 Å². The first-order valence-corrected chi connectivity index (χ1v) is 32.8. The van der Waals surface area contributed by atoms with Crippen molar-refractivity contribution in [1.82, 2.24) is 24.8 Å². The molecule has 1 saturated heterocycles. The number of nitrogens with one attached hydrogen (secondary N) is 1. The van der Waals surface area contributed by atoms with Crippen LogP contribution in [0.15, 0.2) is 82.8 Å². The SMILES string of the molecule is CCN1/C(=C/C=C/C2=[N+](CCCCCC(=O)NCCCCCCOP(=O)(O)OP(=O)(O)OP(=O)(O)OC[C@H]3O[C@@H](n4cnc5c(C)ncnc54)[C@H](O)[C@@H]3O)c3ccc(S(=O)(=O)[O-])cc3C2(C)C)C(C)(C)c2cc(S(=O)(=O)O)ccc21. The summed E-state index contributed by atoms with van der Waals surface area (Å²) in [4.78, 5) is 56.6. The molecule has 440 valence electrons. The van der Waals surface area contributed by atoms with Crippen LogP contribution in [-0.2, 0) is 72.0 Å². The molecule has 3 aliphatic rings. The third-order valence-electron chi connectivity index (χ3n) is 14.0. The number of rotatable bonds is 27. The van der Waals surface area contributed by atoms with E-state index in [4.69, 9.17) is 9.26 Å². The second-order valence-corrected chi connectivity index (χ2v) is 27.8. The van der Waals surface area contributed by atoms with Gasteiger partial charge in [0.05, 0.1) is 40.4 Å². The molecule has 7 atom stereocenters. The molecule has 80 heavy (non-hydrogen) atoms. The number of fused-ring (bicyclic) bond motifs is 3. The minimum atomic E-state index is -5.80. The number of unbranched alkanes of at least 4 members (excludes halogenated alkanes) is 5. The molecule has 2 aromatic heterocycles. The molecular weight excluding hydrogens is 1150 g/mol. The van der Waals surface area contributed by atoms with E-state index in [2.05, 4.69) is 42.9 Å². The Bertz CT molecular complexity index is 3460. The zero-order valence-corrected chi connectivity index (χ0v) is 48.9. The molecule has 32 heteroatoms. The topological polar surface area (TPSA) is 389 Å². The summed E-state index contributed by atoms with van der Waals surface area (Å²) in [7, 11) is -25.9. The Kier molecular flexibility index (Phi) is 19.5. The molecule has 3 unspecified atom stereocenters. The fourth-order valence-corrected chi connectivity index (χ4v) is 14.5. The van der Waals surface area contributed by atoms with Crippen molar-refractivity contribution in [2.75, 3.05) is 37.7 Å². The number of benzene rings is 2. The molecule has 0 radical (unpaired) electrons. The van der Waals surface area contributed by atoms with Crippen molar-refractivity contribution >= 4 is 77.9 Å². The van der Waals surface area contributed by atoms with Crippen LogP contribution in [0.2, 0.25) is 0 Å². The van der Waals surface area contributed by atoms with Crippen LogP contribution < -0.4 is 10.2 Å². The van der Waals surface area contributed by atoms with Crippen LogP contribution in [0.4, 0.5) is 11.4 Å². The van der Waals surface area contributed by atoms with Crippen LogP contribution in [0.5, 0.6) is 0 Å². The molecule has 1 amide bonds. The summed E-state index contributed by atoms with van der Waals surface area (Å²) in [6, 6.07) is 8.86. The van der Waals surface area contributed by atoms with E-state index in [9.17, 15) is 69.3 Å². The fourth-order valence-electron chi connectivity index (χ4n) is 9.99. The lowest BCUT2D eigenvalue weighted by Gasteiger charge is -2.25. The van der Waals surface area contributed by atoms with Crippen molar-refractivity contribution in [3.8, 4) is 0 Å². The summed E-state index contributed by atoms with van der Waals surface area (Å²) in [6.07, 6.45) is 6.08. The minimum absolute atomic E-state index is 0.169. The average molecular weight is 1220 g/mol. The number of carbonyl (C=O) groups excluding carboxylic acids is 1. The van der Waals surface area contributed by atoms with Crippen molar-refractivity contribution in [2.45, 2.75) is 138 Å². The number of nitrogens with zero attached hydrogens (tertiary/aromatic N) is 6. The van der Waals surface area contributed by atoms with E-state index in [0.29, 0.717) is 74.9 Å². The number of hydrogen-bond acceptors (Lipinski definition) is 20. The fraction of sp³-hybridized carbons (Fsp3) is 0.521. The largest absolute Gasteiger partial charge is 0.744 e. The summed E-state index contributed by atoms with van der Waals surface area (Å²) < 4.78 is 134. The molecule has 0 bridgehead atoms. The Balaban J connectivity index is 0.822. The lowest BCUT2D eigenvalue weighted by Crippen LogP contribution is -2.33. The van der Waals surface area contributed by atoms with E-state index in [0.717, 1.165) is 28.3 Å². The van der Waals surface area contributed by atoms with Gasteiger partial charge >= 0.3 is 23.5 Å². The summed E-state index contributed by atoms with van der Waals surface area (Å²) in [5, 5.41) is 24.0. The standard InChI is InChI=1S/C48H66N7O20P3S2/c1-7-53-36-21-19-32(79(65,66)67)26-34(36)47(3,4)39(53)16-15-17-40-48(5,6)35-27-33(80(68,69)70)20-22-37(35)54(40)24-13-10-11-18-41(56)49-23-12-8-9-14-25-71-76(59,60)74-78(63,64)75-77(61,62)72-28-38-43(57)44(58)46(73-38)55-30-52-42-31(2)50-29-51-45(42)55/h15-17,19-22,26-27,29-30,38,43-44,46,57-58H,7-14,18,23-25,28H2,1-6H3,(H5-,49,56,59,60,61,62,63,64,65,66,67,68,69,70)/t38-,43-,44-,46-/m1/s1. The smallest absolute Gasteiger partial charge is 0.490 e. The van der Waals surface area contributed by atoms with Gasteiger partial charge in [0.1, 0.15) is 46.8 Å². The maximum absolute atomic E-state index is 12.7. The number of aliphatic hydroxyl groups excluding tert-OH is 2. The Morgan fingerprint density at radius 1 is 0.850 bits per heavy atom. The number of likely N-dealkylation sites (N-methyl/N-ethyl adjacent to an activating group) is 1. The van der Waals surface area contributed by atoms with E-state index in [1.807, 2.05) is 52.8 Å². The van der Waals surface area contributed by atoms with E-state index >= 15 is 0 Å². The monoisotopic (exact) mass is 1220 g/mol. The number of phosphoric ester groups is 2. The van der Waals surface area contributed by atoms with Crippen molar-refractivity contribution in [1.29, 1.82) is 0 Å². The van der Waals surface area contributed by atoms with E-state index in [-0.39, 0.29) is 34.2 Å². The highest BCUT2D eigenvalue weighted by atomic mass is 32.2. The normalized spacial score (nSPS) is 22.7. The van der Waals surface area contributed by atoms with Gasteiger partial charge in [-0.1, -0.05) is 32.8 Å². The van der Waals surface area contributed by atoms with Crippen LogP contribution in [0.3, 0.4) is 0 Å². The summed E-state index contributed by atoms with van der Waals surface area (Å²) >= 11 is 0. The molecule has 1 fully saturated rings. The van der Waals surface area contributed by atoms with Gasteiger partial charge in [0.15, 0.2) is 17.6 Å². The van der Waals surface area contributed by atoms with Crippen LogP contribution >= 0.6 is 23.5 Å². The lowest BCUT2D eigenvalue weighted by molar-refractivity contribution is -0.438. The van der Waals surface area contributed by atoms with Gasteiger partial charge < -0.3 is 44.4 Å². The predicted octanol–water partition coefficient (Wildman–Crippen LogP) is 5.84. The van der Waals surface area contributed by atoms with Crippen LogP contribution in [0.1, 0.15) is 109 Å². The number of carbonyl (C=O) groups is 1. The van der Waals surface area contributed by atoms with Crippen molar-refractivity contribution in [2.24, 2.45) is 0 Å². The maximum atomic E-state index is 12.7. The molecule has 7 rings (SSSR count). The number of aryl methyl sites for hydroxylation is 1. The number of amides is 1. The number of aliphatic hydroxyl groups is 2. The van der Waals surface area contributed by atoms with Gasteiger partial charge in [-0.15, -0.1) is 0 Å². The zero-order chi connectivity index (χ0) is 58.8. The number of phosphoric acid groups is 3. The Labute approximate surface area is 462 Å². The number of hydrogen-bond donors (Lipinski definition) is 7. The second kappa shape index (κ2) is 24.8. The lowest BCUT2D eigenvalue weighted by atomic mass is 9.81. The second-order valence-electron chi connectivity index (χ2n) is 20.3. The van der Waals surface area contributed by atoms with Crippen LogP contribution in [-0.4, -0.2) is 138 Å². The Hall–Kier alpha value is -4.48. The minimum Gasteiger partial charge on any atom is -0.744 e. The molecule has 0 saturated carbocycles. The highest BCUT2D eigenvalue weighted by molar-refractivity contribution is 7.86. The number of imidazole rings is 1. The molecular formula is C48H66N7O20P3S2. The maximum Gasteiger partial charge on any atom is 0.490 e. The van der Waals surface area contributed by atoms with Crippen molar-refractivity contribution in [3.63, 3.8) is 0 Å². The van der Waals surface area contributed by atoms with E-state index in [1.165, 1.54) is 41.5 Å². The molecule has 0 spiro atoms. The summed E-state index contributed by atoms with van der Waals surface area (Å²) in [5.41, 5.74) is 4.43. The number of ether oxygens (including phenoxy) is 1. The highest BCUT2D eigenvalue weighted by Gasteiger charge is 2.48. The Morgan fingerprint density at radius 2 is 1.51 bits per heavy atom. The number of allylic oxidation sites excluding steroid dienone is 4. The number of aromatic nitrogens is 4. The highest BCUT2D eigenvalue weighted by Crippen LogP contribution is 2.68. The summed E-state index contributed by atoms with van der Waals surface area (Å²) in [6.45, 7) is 11.5. The first kappa shape index (κ1) is 63.1. The molecule has 2 aromatic carbocycles. The van der Waals surface area contributed by atoms with Gasteiger partial charge in [-0.2, -0.15) is 21.6 Å². The molecule has 3 aliphatic heterocycles. The number of anilines is 1. The molecule has 5 heterocycles. The van der Waals surface area contributed by atoms with E-state index < -0.39 is 92.3 Å². The van der Waals surface area contributed by atoms with Gasteiger partial charge in [-0.05, 0) is 95.3 Å². The van der Waals surface area contributed by atoms with Crippen molar-refractivity contribution < 1.29 is 96.3 Å². The quantitative estimate of drug-likeness (QED) is 0.0159. The first-order valence-electron chi connectivity index (χ1n) is 25.4. The van der Waals surface area contributed by atoms with Gasteiger partial charge in [0.25, 0.3) is 10.1 Å². The van der Waals surface area contributed by atoms with Crippen LogP contribution in [0.25, 0.3) is 11.2 Å². The van der Waals surface area contributed by atoms with Gasteiger partial charge in [-0.25, -0.2) is 37.1 Å². The zero-order valence-electron chi connectivity index (χ0n) is 44.6. The average Bonchev–Trinajstić information content (AvgIpc) is 4.24. The predicted molar refractivity (Wildman–Crippen MR) is 286 cm³/mol. The van der Waals surface area contributed by atoms with Gasteiger partial charge in [-0.3, -0.25) is 23.0 Å². The Morgan fingerprint density at radius 3 is 2.20 bits per heavy atom. The third kappa shape index (κ3) is 14.6. The first-order chi connectivity index (χ1) is 37.3. The van der Waals surface area contributed by atoms with Gasteiger partial charge in [0.2, 0.25) is 11.6 Å². The summed E-state index contributed by atoms with van der Waals surface area (Å²) in [5.74, 6) is -0.169. The van der Waals surface area contributed by atoms with E-state index in [1.54, 1.807) is 19.1 Å². The van der Waals surface area contributed by atoms with Crippen molar-refractivity contribution in [3.05, 3.63) is 89.8 Å².